The number of nitrogens with one attached hydrogen (secondary N) is 1. The molecule has 25 heavy (non-hydrogen) atoms. The van der Waals surface area contributed by atoms with Gasteiger partial charge in [0, 0.05) is 25.1 Å². The lowest BCUT2D eigenvalue weighted by Crippen LogP contribution is -2.39. The van der Waals surface area contributed by atoms with E-state index in [1.807, 2.05) is 24.3 Å². The normalized spacial score (nSPS) is 22.2. The minimum Gasteiger partial charge on any atom is -0.365 e. The molecule has 2 aliphatic heterocycles. The number of imide groups is 1. The van der Waals surface area contributed by atoms with Crippen LogP contribution in [0.25, 0.3) is 0 Å². The molecule has 3 rings (SSSR count). The number of nitrogens with zero attached hydrogens (tertiary/aromatic N) is 1. The second kappa shape index (κ2) is 8.28. The number of carbonyl (C=O) groups is 2. The molecule has 1 atom stereocenters. The smallest absolute Gasteiger partial charge is 0.234 e. The Morgan fingerprint density at radius 1 is 1.24 bits per heavy atom. The van der Waals surface area contributed by atoms with Crippen molar-refractivity contribution in [2.45, 2.75) is 37.7 Å². The molecule has 1 aromatic carbocycles. The van der Waals surface area contributed by atoms with Crippen LogP contribution in [-0.2, 0) is 14.3 Å². The summed E-state index contributed by atoms with van der Waals surface area (Å²) in [6.45, 7) is 2.58. The van der Waals surface area contributed by atoms with Crippen molar-refractivity contribution in [2.24, 2.45) is 0 Å². The number of hydrogen-bond donors (Lipinski definition) is 1. The van der Waals surface area contributed by atoms with E-state index in [9.17, 15) is 9.59 Å². The van der Waals surface area contributed by atoms with Gasteiger partial charge in [-0.25, -0.2) is 0 Å². The molecule has 5 nitrogen and oxygen atoms in total. The van der Waals surface area contributed by atoms with Crippen molar-refractivity contribution in [1.29, 1.82) is 0 Å². The first-order valence-corrected chi connectivity index (χ1v) is 8.84. The fourth-order valence-corrected chi connectivity index (χ4v) is 3.29. The van der Waals surface area contributed by atoms with Crippen LogP contribution in [-0.4, -0.2) is 49.6 Å². The van der Waals surface area contributed by atoms with E-state index in [-0.39, 0.29) is 17.7 Å². The van der Waals surface area contributed by atoms with E-state index in [0.29, 0.717) is 25.6 Å². The highest BCUT2D eigenvalue weighted by molar-refractivity contribution is 6.00. The SMILES string of the molecule is CN1CCC(OCC#Cc2cccc(C3CCC(=O)NC3=O)c2)CC1. The molecular formula is C20H24N2O3. The van der Waals surface area contributed by atoms with Crippen molar-refractivity contribution < 1.29 is 14.3 Å². The Kier molecular flexibility index (Phi) is 5.85. The summed E-state index contributed by atoms with van der Waals surface area (Å²) in [7, 11) is 2.13. The molecular weight excluding hydrogens is 316 g/mol. The van der Waals surface area contributed by atoms with Crippen LogP contribution in [0.3, 0.4) is 0 Å². The summed E-state index contributed by atoms with van der Waals surface area (Å²) in [5.41, 5.74) is 1.78. The zero-order valence-electron chi connectivity index (χ0n) is 14.6. The lowest BCUT2D eigenvalue weighted by atomic mass is 9.90. The Balaban J connectivity index is 1.55. The van der Waals surface area contributed by atoms with Gasteiger partial charge in [0.05, 0.1) is 12.0 Å². The maximum Gasteiger partial charge on any atom is 0.234 e. The Labute approximate surface area is 148 Å². The molecule has 132 valence electrons. The lowest BCUT2D eigenvalue weighted by molar-refractivity contribution is -0.134. The van der Waals surface area contributed by atoms with Crippen LogP contribution in [0.2, 0.25) is 0 Å². The van der Waals surface area contributed by atoms with E-state index in [1.54, 1.807) is 0 Å². The standard InChI is InChI=1S/C20H24N2O3/c1-22-11-9-17(10-12-22)25-13-3-5-15-4-2-6-16(14-15)18-7-8-19(23)21-20(18)24/h2,4,6,14,17-18H,7-13H2,1H3,(H,21,23,24). The summed E-state index contributed by atoms with van der Waals surface area (Å²) in [4.78, 5) is 25.6. The summed E-state index contributed by atoms with van der Waals surface area (Å²) < 4.78 is 5.83. The Morgan fingerprint density at radius 3 is 2.80 bits per heavy atom. The van der Waals surface area contributed by atoms with E-state index >= 15 is 0 Å². The van der Waals surface area contributed by atoms with Crippen molar-refractivity contribution in [3.05, 3.63) is 35.4 Å². The minimum atomic E-state index is -0.269. The Hall–Kier alpha value is -2.16. The van der Waals surface area contributed by atoms with Gasteiger partial charge in [-0.05, 0) is 44.0 Å². The monoisotopic (exact) mass is 340 g/mol. The number of hydrogen-bond acceptors (Lipinski definition) is 4. The summed E-state index contributed by atoms with van der Waals surface area (Å²) in [5.74, 6) is 5.50. The molecule has 5 heteroatoms. The predicted molar refractivity (Wildman–Crippen MR) is 94.9 cm³/mol. The molecule has 2 saturated heterocycles. The highest BCUT2D eigenvalue weighted by Crippen LogP contribution is 2.25. The van der Waals surface area contributed by atoms with Gasteiger partial charge in [-0.15, -0.1) is 0 Å². The van der Waals surface area contributed by atoms with Crippen molar-refractivity contribution in [3.63, 3.8) is 0 Å². The van der Waals surface area contributed by atoms with E-state index < -0.39 is 0 Å². The lowest BCUT2D eigenvalue weighted by Gasteiger charge is -2.28. The largest absolute Gasteiger partial charge is 0.365 e. The second-order valence-corrected chi connectivity index (χ2v) is 6.74. The highest BCUT2D eigenvalue weighted by atomic mass is 16.5. The minimum absolute atomic E-state index is 0.191. The summed E-state index contributed by atoms with van der Waals surface area (Å²) in [6, 6.07) is 7.68. The summed E-state index contributed by atoms with van der Waals surface area (Å²) in [5, 5.41) is 2.40. The first kappa shape index (κ1) is 17.7. The number of benzene rings is 1. The molecule has 0 aromatic heterocycles. The Bertz CT molecular complexity index is 696. The van der Waals surface area contributed by atoms with Crippen LogP contribution >= 0.6 is 0 Å². The van der Waals surface area contributed by atoms with Gasteiger partial charge in [0.2, 0.25) is 11.8 Å². The quantitative estimate of drug-likeness (QED) is 0.672. The van der Waals surface area contributed by atoms with Crippen LogP contribution in [0.5, 0.6) is 0 Å². The molecule has 1 N–H and O–H groups in total. The highest BCUT2D eigenvalue weighted by Gasteiger charge is 2.27. The van der Waals surface area contributed by atoms with Crippen LogP contribution in [0.15, 0.2) is 24.3 Å². The van der Waals surface area contributed by atoms with E-state index in [2.05, 4.69) is 29.1 Å². The molecule has 0 saturated carbocycles. The predicted octanol–water partition coefficient (Wildman–Crippen LogP) is 1.67. The van der Waals surface area contributed by atoms with Gasteiger partial charge in [0.1, 0.15) is 6.61 Å². The number of carbonyl (C=O) groups excluding carboxylic acids is 2. The van der Waals surface area contributed by atoms with Gasteiger partial charge in [0.25, 0.3) is 0 Å². The molecule has 2 heterocycles. The third kappa shape index (κ3) is 4.91. The van der Waals surface area contributed by atoms with Crippen LogP contribution in [0.4, 0.5) is 0 Å². The van der Waals surface area contributed by atoms with Crippen molar-refractivity contribution in [2.75, 3.05) is 26.7 Å². The third-order valence-electron chi connectivity index (χ3n) is 4.82. The first-order chi connectivity index (χ1) is 12.1. The van der Waals surface area contributed by atoms with E-state index in [0.717, 1.165) is 37.1 Å². The first-order valence-electron chi connectivity index (χ1n) is 8.84. The fraction of sp³-hybridized carbons (Fsp3) is 0.500. The molecule has 2 fully saturated rings. The fourth-order valence-electron chi connectivity index (χ4n) is 3.29. The van der Waals surface area contributed by atoms with Crippen LogP contribution in [0.1, 0.15) is 42.7 Å². The Morgan fingerprint density at radius 2 is 2.04 bits per heavy atom. The average molecular weight is 340 g/mol. The molecule has 1 unspecified atom stereocenters. The second-order valence-electron chi connectivity index (χ2n) is 6.74. The molecule has 0 spiro atoms. The van der Waals surface area contributed by atoms with Gasteiger partial charge >= 0.3 is 0 Å². The summed E-state index contributed by atoms with van der Waals surface area (Å²) >= 11 is 0. The van der Waals surface area contributed by atoms with Gasteiger partial charge in [-0.2, -0.15) is 0 Å². The molecule has 2 aliphatic rings. The molecule has 0 aliphatic carbocycles. The van der Waals surface area contributed by atoms with Crippen LogP contribution in [0, 0.1) is 11.8 Å². The van der Waals surface area contributed by atoms with E-state index in [1.165, 1.54) is 0 Å². The van der Waals surface area contributed by atoms with Gasteiger partial charge in [0.15, 0.2) is 0 Å². The maximum atomic E-state index is 12.0. The number of rotatable bonds is 3. The topological polar surface area (TPSA) is 58.6 Å². The number of likely N-dealkylation sites (tertiary alicyclic amines) is 1. The van der Waals surface area contributed by atoms with Gasteiger partial charge in [-0.3, -0.25) is 14.9 Å². The molecule has 0 bridgehead atoms. The van der Waals surface area contributed by atoms with Crippen LogP contribution < -0.4 is 5.32 Å². The van der Waals surface area contributed by atoms with Gasteiger partial charge in [-0.1, -0.05) is 24.0 Å². The zero-order valence-corrected chi connectivity index (χ0v) is 14.6. The maximum absolute atomic E-state index is 12.0. The van der Waals surface area contributed by atoms with E-state index in [4.69, 9.17) is 4.74 Å². The molecule has 1 aromatic rings. The van der Waals surface area contributed by atoms with Crippen molar-refractivity contribution in [3.8, 4) is 11.8 Å². The number of ether oxygens (including phenoxy) is 1. The number of piperidine rings is 2. The zero-order chi connectivity index (χ0) is 17.6. The third-order valence-corrected chi connectivity index (χ3v) is 4.82. The van der Waals surface area contributed by atoms with Crippen molar-refractivity contribution >= 4 is 11.8 Å². The van der Waals surface area contributed by atoms with Gasteiger partial charge < -0.3 is 9.64 Å². The van der Waals surface area contributed by atoms with Crippen molar-refractivity contribution in [1.82, 2.24) is 10.2 Å². The summed E-state index contributed by atoms with van der Waals surface area (Å²) in [6.07, 6.45) is 3.37. The average Bonchev–Trinajstić information content (AvgIpc) is 2.60. The molecule has 0 radical (unpaired) electrons. The molecule has 2 amide bonds. The number of amides is 2.